The molecule has 22 aliphatic rings. The molecule has 22 saturated heterocycles. The van der Waals surface area contributed by atoms with Gasteiger partial charge in [0.1, 0.15) is 110 Å². The number of unbranched alkanes of at least 4 members (excludes halogenated alkanes) is 54. The first-order chi connectivity index (χ1) is 69.0. The largest absolute Gasteiger partial charge is 0.394 e. The zero-order valence-corrected chi connectivity index (χ0v) is 93.7. The fraction of sp³-hybridized carbons (Fsp3) is 1.00. The lowest BCUT2D eigenvalue weighted by atomic mass is 9.95. The number of thioether (sulfide) groups is 6. The van der Waals surface area contributed by atoms with Gasteiger partial charge in [-0.3, -0.25) is 0 Å². The van der Waals surface area contributed by atoms with E-state index in [1.165, 1.54) is 231 Å². The third-order valence-corrected chi connectivity index (χ3v) is 36.4. The topological polar surface area (TPSA) is 363 Å². The fourth-order valence-corrected chi connectivity index (χ4v) is 27.0. The van der Waals surface area contributed by atoms with Crippen LogP contribution in [-0.2, 0) is 61.6 Å². The van der Waals surface area contributed by atoms with Crippen LogP contribution in [0.15, 0.2) is 0 Å². The van der Waals surface area contributed by atoms with Gasteiger partial charge in [-0.1, -0.05) is 388 Å². The molecule has 12 bridgehead atoms. The minimum atomic E-state index is -1.90. The molecule has 30 atom stereocenters. The van der Waals surface area contributed by atoms with Gasteiger partial charge in [-0.15, -0.1) is 0 Å². The van der Waals surface area contributed by atoms with Crippen molar-refractivity contribution in [3.63, 3.8) is 0 Å². The fourth-order valence-electron chi connectivity index (χ4n) is 20.5. The van der Waals surface area contributed by atoms with Crippen molar-refractivity contribution in [1.82, 2.24) is 0 Å². The molecule has 22 fully saturated rings. The van der Waals surface area contributed by atoms with Crippen LogP contribution in [0.4, 0.5) is 0 Å². The molecule has 834 valence electrons. The van der Waals surface area contributed by atoms with E-state index in [-0.39, 0.29) is 41.1 Å². The molecule has 22 heterocycles. The summed E-state index contributed by atoms with van der Waals surface area (Å²) in [6.07, 6.45) is 22.3. The molecule has 22 aliphatic heterocycles. The second kappa shape index (κ2) is 81.7. The van der Waals surface area contributed by atoms with E-state index in [0.29, 0.717) is 34.5 Å². The molecule has 0 saturated carbocycles. The summed E-state index contributed by atoms with van der Waals surface area (Å²) in [6.45, 7) is 12.6. The van der Waals surface area contributed by atoms with E-state index in [1.807, 2.05) is 0 Å². The minimum absolute atomic E-state index is 0.190. The highest BCUT2D eigenvalue weighted by atomic mass is 32.2. The van der Waals surface area contributed by atoms with Gasteiger partial charge in [0.15, 0.2) is 37.7 Å². The highest BCUT2D eigenvalue weighted by molar-refractivity contribution is 8.00. The molecule has 12 N–H and O–H groups in total. The van der Waals surface area contributed by atoms with Crippen molar-refractivity contribution >= 4 is 70.6 Å². The zero-order chi connectivity index (χ0) is 101. The highest BCUT2D eigenvalue weighted by Gasteiger charge is 2.60. The first-order valence-corrected chi connectivity index (χ1v) is 64.9. The van der Waals surface area contributed by atoms with Gasteiger partial charge in [-0.05, 0) is 73.0 Å². The standard InChI is InChI=1S/C110H208O25S6/c1-7-13-19-25-31-37-43-49-55-61-69-136-75-81-98-87(112)92(117)105(124-81)130-99-82(76-137-70-62-56-50-44-38-32-26-20-14-8-2)125-107(93(118)88(99)113)132-101-84(78-139-72-64-58-52-46-40-34-28-22-16-10-4)127-109(95(120)90(101)115)134-103-86(80-141-74-66-60-54-48-42-36-30-24-18-12-6)129-110(104(97(103)122)123-68-67-111)135-102-85(79-140-73-65-59-53-47-41-35-29-23-17-11-5)128-108(96(121)91(102)116)133-100-83(126-106(131-98)94(119)89(100)114)77-138-71-63-57-51-45-39-33-27-21-15-9-3/h81-122H,7-80H2,1-6H3/t81-,82-,83-,84-,85-,86-,87-,88-,89-,90-,91-,92-,93-,94-,95-,96-,97+,98-,99-,100-,101-,102-,103-,104-,105-,106-,107-,108-,109-,110-/m1/s1. The Balaban J connectivity index is 1.29. The summed E-state index contributed by atoms with van der Waals surface area (Å²) in [5.41, 5.74) is 0. The molecule has 0 aliphatic carbocycles. The molecule has 0 aromatic rings. The van der Waals surface area contributed by atoms with Gasteiger partial charge in [0.25, 0.3) is 0 Å². The highest BCUT2D eigenvalue weighted by Crippen LogP contribution is 2.43. The second-order valence-electron chi connectivity index (χ2n) is 41.9. The van der Waals surface area contributed by atoms with Crippen LogP contribution in [0, 0.1) is 0 Å². The predicted octanol–water partition coefficient (Wildman–Crippen LogP) is 20.9. The first-order valence-electron chi connectivity index (χ1n) is 58.0. The molecule has 0 radical (unpaired) electrons. The zero-order valence-electron chi connectivity index (χ0n) is 88.8. The molecule has 0 aromatic carbocycles. The van der Waals surface area contributed by atoms with Crippen LogP contribution in [0.1, 0.15) is 427 Å². The Hall–Kier alpha value is 1.10. The maximum Gasteiger partial charge on any atom is 0.187 e. The molecule has 31 heteroatoms. The molecule has 0 aromatic heterocycles. The van der Waals surface area contributed by atoms with Gasteiger partial charge in [-0.25, -0.2) is 0 Å². The third-order valence-electron chi connectivity index (χ3n) is 29.5. The van der Waals surface area contributed by atoms with E-state index in [9.17, 15) is 61.3 Å². The summed E-state index contributed by atoms with van der Waals surface area (Å²) in [7, 11) is 0. The molecule has 25 nitrogen and oxygen atoms in total. The van der Waals surface area contributed by atoms with E-state index in [1.54, 1.807) is 70.6 Å². The van der Waals surface area contributed by atoms with E-state index < -0.39 is 191 Å². The van der Waals surface area contributed by atoms with E-state index in [4.69, 9.17) is 61.6 Å². The van der Waals surface area contributed by atoms with E-state index >= 15 is 0 Å². The van der Waals surface area contributed by atoms with Crippen LogP contribution in [-0.4, -0.2) is 328 Å². The van der Waals surface area contributed by atoms with Crippen molar-refractivity contribution in [3.05, 3.63) is 0 Å². The van der Waals surface area contributed by atoms with Crippen LogP contribution in [0.25, 0.3) is 0 Å². The van der Waals surface area contributed by atoms with Crippen molar-refractivity contribution in [3.8, 4) is 0 Å². The van der Waals surface area contributed by atoms with Gasteiger partial charge < -0.3 is 123 Å². The average Bonchev–Trinajstić information content (AvgIpc) is 0.766. The number of aliphatic hydroxyl groups excluding tert-OH is 12. The van der Waals surface area contributed by atoms with Crippen molar-refractivity contribution in [2.45, 2.75) is 611 Å². The number of rotatable bonds is 81. The van der Waals surface area contributed by atoms with Crippen molar-refractivity contribution in [2.24, 2.45) is 0 Å². The van der Waals surface area contributed by atoms with Crippen molar-refractivity contribution in [2.75, 3.05) is 82.2 Å². The average molecular weight is 2120 g/mol. The number of aliphatic hydroxyl groups is 12. The predicted molar refractivity (Wildman–Crippen MR) is 579 cm³/mol. The normalized spacial score (nSPS) is 32.3. The SMILES string of the molecule is CCCCCCCCCCCCSC[C@H]1O[C@@H]2O[C@H]3[C@H](O)[C@@H](O)[C@@H](O[C@H]4[C@H](O)[C@@H](O)[C@@H](O[C@H]5[C@H](O)[C@@H](OCCO)[C@@H](O[C@H]6[C@H](O)[C@@H](O)[C@@H](O[C@H]7[C@H](O)[C@@H](O)[C@@H](O[C@H]1[C@H](O)[C@H]2O)O[C@@H]7CSCCCCCCCCCCCC)O[C@@H]6CSCCCCCCCCCCCC)O[C@@H]5CSCCCCCCCCCCCC)O[C@@H]4CSCCCCCCCCCCCC)O[C@@H]3CSCCCCCCCCCCCC. The minimum Gasteiger partial charge on any atom is -0.394 e. The van der Waals surface area contributed by atoms with Gasteiger partial charge in [-0.2, -0.15) is 70.6 Å². The number of ether oxygens (including phenoxy) is 13. The Kier molecular flexibility index (Phi) is 74.8. The smallest absolute Gasteiger partial charge is 0.187 e. The lowest BCUT2D eigenvalue weighted by Crippen LogP contribution is -2.69. The monoisotopic (exact) mass is 2120 g/mol. The lowest BCUT2D eigenvalue weighted by Gasteiger charge is -2.51. The Morgan fingerprint density at radius 3 is 0.475 bits per heavy atom. The molecule has 0 spiro atoms. The van der Waals surface area contributed by atoms with Crippen LogP contribution >= 0.6 is 70.6 Å². The van der Waals surface area contributed by atoms with Crippen LogP contribution < -0.4 is 0 Å². The molecule has 0 amide bonds. The quantitative estimate of drug-likeness (QED) is 0.0252. The second-order valence-corrected chi connectivity index (χ2v) is 48.8. The molecule has 22 rings (SSSR count). The summed E-state index contributed by atoms with van der Waals surface area (Å²) in [5.74, 6) is 5.45. The maximum absolute atomic E-state index is 13.3. The summed E-state index contributed by atoms with van der Waals surface area (Å²) >= 11 is 9.47. The summed E-state index contributed by atoms with van der Waals surface area (Å²) < 4.78 is 89.5. The number of hydrogen-bond acceptors (Lipinski definition) is 31. The van der Waals surface area contributed by atoms with E-state index in [0.717, 1.165) is 154 Å². The summed E-state index contributed by atoms with van der Waals surface area (Å²) in [6, 6.07) is 0. The number of hydrogen-bond donors (Lipinski definition) is 12. The molecular weight excluding hydrogens is 1910 g/mol. The Labute approximate surface area is 880 Å². The molecular formula is C110H208O25S6. The van der Waals surface area contributed by atoms with Gasteiger partial charge in [0, 0.05) is 34.5 Å². The van der Waals surface area contributed by atoms with Crippen molar-refractivity contribution in [1.29, 1.82) is 0 Å². The Bertz CT molecular complexity index is 2880. The van der Waals surface area contributed by atoms with Gasteiger partial charge in [0.2, 0.25) is 0 Å². The van der Waals surface area contributed by atoms with Crippen LogP contribution in [0.5, 0.6) is 0 Å². The Morgan fingerprint density at radius 1 is 0.170 bits per heavy atom. The van der Waals surface area contributed by atoms with Crippen LogP contribution in [0.3, 0.4) is 0 Å². The van der Waals surface area contributed by atoms with E-state index in [2.05, 4.69) is 41.5 Å². The third kappa shape index (κ3) is 50.2. The van der Waals surface area contributed by atoms with Gasteiger partial charge >= 0.3 is 0 Å². The van der Waals surface area contributed by atoms with Gasteiger partial charge in [0.05, 0.1) is 49.8 Å². The molecule has 0 unspecified atom stereocenters. The first kappa shape index (κ1) is 129. The summed E-state index contributed by atoms with van der Waals surface area (Å²) in [5, 5.41) is 152. The van der Waals surface area contributed by atoms with Crippen molar-refractivity contribution < 1.29 is 123 Å². The molecule has 141 heavy (non-hydrogen) atoms. The Morgan fingerprint density at radius 2 is 0.312 bits per heavy atom. The van der Waals surface area contributed by atoms with Crippen LogP contribution in [0.2, 0.25) is 0 Å². The lowest BCUT2D eigenvalue weighted by molar-refractivity contribution is -0.397. The summed E-state index contributed by atoms with van der Waals surface area (Å²) in [4.78, 5) is 0. The maximum atomic E-state index is 13.3.